The van der Waals surface area contributed by atoms with E-state index in [1.54, 1.807) is 12.1 Å². The molecule has 0 aromatic heterocycles. The molecule has 7 nitrogen and oxygen atoms in total. The molecule has 1 aliphatic heterocycles. The van der Waals surface area contributed by atoms with Crippen LogP contribution in [-0.2, 0) is 17.8 Å². The second-order valence-electron chi connectivity index (χ2n) is 11.2. The summed E-state index contributed by atoms with van der Waals surface area (Å²) in [6, 6.07) is 5.91. The van der Waals surface area contributed by atoms with Gasteiger partial charge in [-0.2, -0.15) is 0 Å². The van der Waals surface area contributed by atoms with Gasteiger partial charge in [-0.25, -0.2) is 0 Å². The van der Waals surface area contributed by atoms with Crippen molar-refractivity contribution in [2.24, 2.45) is 17.8 Å². The van der Waals surface area contributed by atoms with E-state index in [4.69, 9.17) is 9.47 Å². The minimum absolute atomic E-state index is 0.0218. The van der Waals surface area contributed by atoms with Gasteiger partial charge in [-0.3, -0.25) is 0 Å². The highest BCUT2D eigenvalue weighted by molar-refractivity contribution is 5.74. The molecule has 2 fully saturated rings. The number of fused-ring (bicyclic) bond motifs is 4. The molecule has 0 amide bonds. The third kappa shape index (κ3) is 4.47. The van der Waals surface area contributed by atoms with Crippen molar-refractivity contribution in [3.05, 3.63) is 52.1 Å². The summed E-state index contributed by atoms with van der Waals surface area (Å²) in [4.78, 5) is 0. The Kier molecular flexibility index (Phi) is 7.14. The maximum atomic E-state index is 11.4. The van der Waals surface area contributed by atoms with Crippen molar-refractivity contribution in [2.45, 2.75) is 76.8 Å². The number of aromatic hydroxyl groups is 3. The number of rotatable bonds is 6. The molecule has 1 saturated carbocycles. The second-order valence-corrected chi connectivity index (χ2v) is 11.2. The largest absolute Gasteiger partial charge is 0.508 e. The summed E-state index contributed by atoms with van der Waals surface area (Å²) < 4.78 is 12.1. The van der Waals surface area contributed by atoms with Crippen LogP contribution in [0.2, 0.25) is 0 Å². The molecule has 0 spiro atoms. The van der Waals surface area contributed by atoms with Gasteiger partial charge in [-0.1, -0.05) is 38.1 Å². The van der Waals surface area contributed by atoms with Crippen molar-refractivity contribution >= 4 is 6.08 Å². The first kappa shape index (κ1) is 25.9. The van der Waals surface area contributed by atoms with Crippen LogP contribution in [0.5, 0.6) is 23.0 Å². The Morgan fingerprint density at radius 2 is 1.89 bits per heavy atom. The van der Waals surface area contributed by atoms with Gasteiger partial charge in [-0.05, 0) is 61.1 Å². The van der Waals surface area contributed by atoms with Crippen molar-refractivity contribution in [1.29, 1.82) is 0 Å². The van der Waals surface area contributed by atoms with Crippen molar-refractivity contribution in [3.63, 3.8) is 0 Å². The predicted molar refractivity (Wildman–Crippen MR) is 140 cm³/mol. The lowest BCUT2D eigenvalue weighted by atomic mass is 9.67. The van der Waals surface area contributed by atoms with Crippen molar-refractivity contribution in [2.75, 3.05) is 7.11 Å². The SMILES string of the molecule is COc1c(O)c(O)c(CO)c2c1C=C[C@H]1[C@H](O)[C@H]3CC[C@H](c4ccc(O)c(CCC(C)C)c4)C[C@@H]3O[C@@H]21. The molecule has 5 N–H and O–H groups in total. The molecule has 7 heteroatoms. The fourth-order valence-electron chi connectivity index (χ4n) is 6.58. The highest BCUT2D eigenvalue weighted by atomic mass is 16.5. The van der Waals surface area contributed by atoms with Gasteiger partial charge in [0.1, 0.15) is 5.75 Å². The number of ether oxygens (including phenoxy) is 2. The predicted octanol–water partition coefficient (Wildman–Crippen LogP) is 4.92. The van der Waals surface area contributed by atoms with Crippen molar-refractivity contribution in [1.82, 2.24) is 0 Å². The third-order valence-corrected chi connectivity index (χ3v) is 8.63. The van der Waals surface area contributed by atoms with Gasteiger partial charge >= 0.3 is 0 Å². The van der Waals surface area contributed by atoms with E-state index in [0.717, 1.165) is 37.7 Å². The Hall–Kier alpha value is -2.74. The Labute approximate surface area is 218 Å². The summed E-state index contributed by atoms with van der Waals surface area (Å²) in [6.07, 6.45) is 6.56. The quantitative estimate of drug-likeness (QED) is 0.350. The maximum absolute atomic E-state index is 11.4. The lowest BCUT2D eigenvalue weighted by Crippen LogP contribution is -2.50. The van der Waals surface area contributed by atoms with Crippen LogP contribution >= 0.6 is 0 Å². The van der Waals surface area contributed by atoms with E-state index in [1.807, 2.05) is 12.1 Å². The zero-order valence-electron chi connectivity index (χ0n) is 21.7. The first-order valence-corrected chi connectivity index (χ1v) is 13.3. The second kappa shape index (κ2) is 10.2. The summed E-state index contributed by atoms with van der Waals surface area (Å²) in [5.74, 6) is 0.0604. The monoisotopic (exact) mass is 510 g/mol. The number of aryl methyl sites for hydroxylation is 1. The molecule has 6 atom stereocenters. The van der Waals surface area contributed by atoms with E-state index < -0.39 is 30.3 Å². The average Bonchev–Trinajstić information content (AvgIpc) is 2.89. The molecule has 1 saturated heterocycles. The number of benzene rings is 2. The van der Waals surface area contributed by atoms with E-state index in [-0.39, 0.29) is 35.2 Å². The number of methoxy groups -OCH3 is 1. The summed E-state index contributed by atoms with van der Waals surface area (Å²) >= 11 is 0. The molecule has 5 rings (SSSR count). The molecule has 2 aliphatic carbocycles. The summed E-state index contributed by atoms with van der Waals surface area (Å²) in [6.45, 7) is 3.88. The van der Waals surface area contributed by atoms with Gasteiger partial charge in [0.15, 0.2) is 11.5 Å². The Bertz CT molecular complexity index is 1190. The molecule has 200 valence electrons. The van der Waals surface area contributed by atoms with Gasteiger partial charge in [0, 0.05) is 28.5 Å². The van der Waals surface area contributed by atoms with Crippen molar-refractivity contribution in [3.8, 4) is 23.0 Å². The number of aliphatic hydroxyl groups excluding tert-OH is 2. The molecular formula is C30H38O7. The minimum Gasteiger partial charge on any atom is -0.508 e. The fraction of sp³-hybridized carbons (Fsp3) is 0.533. The molecule has 2 aromatic rings. The van der Waals surface area contributed by atoms with Gasteiger partial charge in [0.25, 0.3) is 0 Å². The highest BCUT2D eigenvalue weighted by Gasteiger charge is 2.49. The van der Waals surface area contributed by atoms with Crippen LogP contribution in [-0.4, -0.2) is 44.9 Å². The van der Waals surface area contributed by atoms with Crippen LogP contribution in [0, 0.1) is 17.8 Å². The molecule has 0 unspecified atom stereocenters. The van der Waals surface area contributed by atoms with Crippen molar-refractivity contribution < 1.29 is 35.0 Å². The number of hydrogen-bond donors (Lipinski definition) is 5. The lowest BCUT2D eigenvalue weighted by Gasteiger charge is -2.49. The molecular weight excluding hydrogens is 472 g/mol. The Balaban J connectivity index is 1.45. The molecule has 1 heterocycles. The minimum atomic E-state index is -0.635. The molecule has 2 aromatic carbocycles. The summed E-state index contributed by atoms with van der Waals surface area (Å²) in [5.41, 5.74) is 3.45. The van der Waals surface area contributed by atoms with Crippen LogP contribution < -0.4 is 4.74 Å². The average molecular weight is 511 g/mol. The topological polar surface area (TPSA) is 120 Å². The van der Waals surface area contributed by atoms with Gasteiger partial charge in [0.05, 0.1) is 32.0 Å². The first-order chi connectivity index (χ1) is 17.7. The number of aliphatic hydroxyl groups is 2. The van der Waals surface area contributed by atoms with Crippen LogP contribution in [0.1, 0.15) is 79.4 Å². The van der Waals surface area contributed by atoms with E-state index >= 15 is 0 Å². The van der Waals surface area contributed by atoms with E-state index in [0.29, 0.717) is 22.8 Å². The zero-order valence-corrected chi connectivity index (χ0v) is 21.7. The lowest BCUT2D eigenvalue weighted by molar-refractivity contribution is -0.178. The fourth-order valence-corrected chi connectivity index (χ4v) is 6.58. The summed E-state index contributed by atoms with van der Waals surface area (Å²) in [7, 11) is 1.42. The van der Waals surface area contributed by atoms with Crippen LogP contribution in [0.4, 0.5) is 0 Å². The zero-order chi connectivity index (χ0) is 26.4. The van der Waals surface area contributed by atoms with Gasteiger partial charge < -0.3 is 35.0 Å². The smallest absolute Gasteiger partial charge is 0.201 e. The van der Waals surface area contributed by atoms with Gasteiger partial charge in [-0.15, -0.1) is 0 Å². The number of phenols is 3. The van der Waals surface area contributed by atoms with Gasteiger partial charge in [0.2, 0.25) is 5.75 Å². The Morgan fingerprint density at radius 3 is 2.59 bits per heavy atom. The third-order valence-electron chi connectivity index (χ3n) is 8.63. The molecule has 0 bridgehead atoms. The van der Waals surface area contributed by atoms with E-state index in [9.17, 15) is 25.5 Å². The first-order valence-electron chi connectivity index (χ1n) is 13.3. The Morgan fingerprint density at radius 1 is 1.11 bits per heavy atom. The normalized spacial score (nSPS) is 28.5. The van der Waals surface area contributed by atoms with Crippen LogP contribution in [0.25, 0.3) is 6.08 Å². The molecule has 3 aliphatic rings. The van der Waals surface area contributed by atoms with Crippen LogP contribution in [0.15, 0.2) is 24.3 Å². The standard InChI is InChI=1S/C30H38O7/c1-15(2)4-5-18-12-16(7-11-23(18)32)17-6-8-19-24(13-17)37-29-21(26(19)33)10-9-20-25(29)22(14-31)27(34)28(35)30(20)36-3/h7,9-12,15,17,19,21,24,26,29,31-35H,4-6,8,13-14H2,1-3H3/t17-,19-,21-,24-,26+,29+/m0/s1. The number of hydrogen-bond acceptors (Lipinski definition) is 7. The summed E-state index contributed by atoms with van der Waals surface area (Å²) in [5, 5.41) is 53.0. The molecule has 0 radical (unpaired) electrons. The maximum Gasteiger partial charge on any atom is 0.201 e. The number of phenolic OH excluding ortho intramolecular Hbond substituents is 2. The van der Waals surface area contributed by atoms with Crippen LogP contribution in [0.3, 0.4) is 0 Å². The van der Waals surface area contributed by atoms with E-state index in [2.05, 4.69) is 19.9 Å². The molecule has 37 heavy (non-hydrogen) atoms. The van der Waals surface area contributed by atoms with E-state index in [1.165, 1.54) is 12.7 Å². The highest BCUT2D eigenvalue weighted by Crippen LogP contribution is 2.55.